The molecule has 14 rings (SSSR count). The minimum atomic E-state index is -1.12. The number of carboxylic acids is 1. The molecule has 10 aliphatic heterocycles. The van der Waals surface area contributed by atoms with Crippen LogP contribution in [0, 0.1) is 108 Å². The minimum Gasteiger partial charge on any atom is -0.477 e. The van der Waals surface area contributed by atoms with Crippen molar-refractivity contribution in [3.8, 4) is 6.07 Å². The van der Waals surface area contributed by atoms with Gasteiger partial charge in [0.05, 0.1) is 98.8 Å². The smallest absolute Gasteiger partial charge is 0.362 e. The Morgan fingerprint density at radius 1 is 0.520 bits per heavy atom. The Morgan fingerprint density at radius 3 is 1.06 bits per heavy atom. The number of carbonyl (C=O) groups is 13. The number of primary amides is 5. The van der Waals surface area contributed by atoms with Crippen molar-refractivity contribution in [3.05, 3.63) is 114 Å². The molecule has 0 spiro atoms. The Labute approximate surface area is 758 Å². The predicted molar refractivity (Wildman–Crippen MR) is 482 cm³/mol. The Bertz CT molecular complexity index is 4180. The number of non-ortho nitro benzene ring substituents is 2. The number of likely N-dealkylation sites (tertiary alicyclic amines) is 3. The molecule has 16 atom stereocenters. The number of hydrogen-bond donors (Lipinski definition) is 10. The maximum atomic E-state index is 13.2. The highest BCUT2D eigenvalue weighted by Gasteiger charge is 2.63. The van der Waals surface area contributed by atoms with Gasteiger partial charge in [0, 0.05) is 110 Å². The number of fused-ring (bicyclic) bond motifs is 3. The van der Waals surface area contributed by atoms with Crippen LogP contribution in [0.1, 0.15) is 183 Å². The largest absolute Gasteiger partial charge is 0.477 e. The highest BCUT2D eigenvalue weighted by Crippen LogP contribution is 2.51. The van der Waals surface area contributed by atoms with Gasteiger partial charge in [-0.25, -0.2) is 24.0 Å². The third kappa shape index (κ3) is 27.2. The number of carboxylic acid groups (broad SMARTS) is 1. The molecule has 0 radical (unpaired) electrons. The SMILES string of the molecule is C.C.C.C.CC(C)[C@H]1C(=O)N2C(C(=O)OC(=O)c3ccc([N+](=O)[O-])cc3)=C(CN3CC[C@H](C(N)=O)C3)[C@H](C)[C@H]12.CCO.C[C@@H](O)[C@H]1C(=O)N2C(C(=O)O)=C(CN3CC[C@H](C(N)=O)C3)[C@H](C)[C@H]12.C[C@@H](O)[C@H]1C(=O)N2C(C(=O)OC(=O)c3ccc([N+](=O)[O-])cc3)=C(CN3CC[C@H](C(N)=O)C3)[C@H](C)[C@H]12.N#CC1CCCC1.NC(=O)C1CCCC1.NC(=O)[C@H]1CCNC1.PCI. The number of nitrogens with two attached hydrogens (primary N) is 5. The number of benzene rings is 2. The molecule has 0 aromatic heterocycles. The highest BCUT2D eigenvalue weighted by molar-refractivity contribution is 14.1. The first-order valence-electron chi connectivity index (χ1n) is 41.5. The van der Waals surface area contributed by atoms with E-state index in [0.717, 1.165) is 73.6 Å². The molecule has 10 heterocycles. The number of aliphatic hydroxyl groups is 3. The number of nitrogens with one attached hydrogen (secondary N) is 1. The molecule has 15 N–H and O–H groups in total. The monoisotopic (exact) mass is 1910 g/mol. The number of rotatable bonds is 21. The molecule has 2 aliphatic carbocycles. The van der Waals surface area contributed by atoms with Gasteiger partial charge >= 0.3 is 29.8 Å². The van der Waals surface area contributed by atoms with Crippen LogP contribution >= 0.6 is 31.8 Å². The summed E-state index contributed by atoms with van der Waals surface area (Å²) >= 11 is 2.25. The maximum absolute atomic E-state index is 13.2. The molecule has 12 aliphatic rings. The average molecular weight is 1910 g/mol. The fourth-order valence-corrected chi connectivity index (χ4v) is 18.1. The van der Waals surface area contributed by atoms with E-state index in [4.69, 9.17) is 48.5 Å². The maximum Gasteiger partial charge on any atom is 0.362 e. The summed E-state index contributed by atoms with van der Waals surface area (Å²) < 4.78 is 11.3. The predicted octanol–water partition coefficient (Wildman–Crippen LogP) is 5.90. The van der Waals surface area contributed by atoms with Crippen LogP contribution in [0.4, 0.5) is 11.4 Å². The van der Waals surface area contributed by atoms with E-state index in [9.17, 15) is 97.9 Å². The minimum absolute atomic E-state index is 0. The van der Waals surface area contributed by atoms with Crippen molar-refractivity contribution in [3.63, 3.8) is 0 Å². The molecule has 2 aromatic rings. The summed E-state index contributed by atoms with van der Waals surface area (Å²) in [7, 11) is 2.57. The zero-order valence-electron chi connectivity index (χ0n) is 70.6. The average Bonchev–Trinajstić information content (AvgIpc) is 1.57. The summed E-state index contributed by atoms with van der Waals surface area (Å²) in [6.07, 6.45) is 10.3. The second kappa shape index (κ2) is 50.9. The first-order valence-corrected chi connectivity index (χ1v) is 43.9. The lowest BCUT2D eigenvalue weighted by Crippen LogP contribution is -2.63. The summed E-state index contributed by atoms with van der Waals surface area (Å²) in [6, 6.07) is 10.6. The van der Waals surface area contributed by atoms with Crippen LogP contribution < -0.4 is 34.0 Å². The summed E-state index contributed by atoms with van der Waals surface area (Å²) in [4.78, 5) is 187. The van der Waals surface area contributed by atoms with Gasteiger partial charge in [0.15, 0.2) is 0 Å². The summed E-state index contributed by atoms with van der Waals surface area (Å²) in [5.41, 5.74) is 27.8. The molecule has 40 heteroatoms. The number of carbonyl (C=O) groups excluding carboxylic acids is 12. The number of nitro benzene ring substituents is 2. The van der Waals surface area contributed by atoms with Crippen molar-refractivity contribution < 1.29 is 102 Å². The molecule has 2 saturated carbocycles. The normalized spacial score (nSPS) is 25.7. The van der Waals surface area contributed by atoms with E-state index >= 15 is 0 Å². The molecule has 706 valence electrons. The number of nitro groups is 2. The zero-order chi connectivity index (χ0) is 91.5. The van der Waals surface area contributed by atoms with Crippen molar-refractivity contribution in [1.29, 1.82) is 5.26 Å². The molecular weight excluding hydrogens is 1780 g/mol. The lowest BCUT2D eigenvalue weighted by Gasteiger charge is -2.47. The van der Waals surface area contributed by atoms with Gasteiger partial charge in [0.25, 0.3) is 11.4 Å². The Morgan fingerprint density at radius 2 is 0.819 bits per heavy atom. The highest BCUT2D eigenvalue weighted by atomic mass is 127. The Hall–Kier alpha value is -9.66. The van der Waals surface area contributed by atoms with E-state index in [1.165, 1.54) is 71.6 Å². The number of halogens is 1. The number of aliphatic hydroxyl groups excluding tert-OH is 3. The molecule has 8 amide bonds. The van der Waals surface area contributed by atoms with Crippen molar-refractivity contribution in [1.82, 2.24) is 34.7 Å². The number of amides is 8. The first kappa shape index (κ1) is 112. The number of hydrogen-bond acceptors (Lipinski definition) is 27. The first-order chi connectivity index (χ1) is 58.1. The van der Waals surface area contributed by atoms with Crippen molar-refractivity contribution in [2.45, 2.75) is 192 Å². The molecule has 2 aromatic carbocycles. The van der Waals surface area contributed by atoms with Gasteiger partial charge in [-0.1, -0.05) is 113 Å². The van der Waals surface area contributed by atoms with Crippen LogP contribution in [-0.2, 0) is 62.2 Å². The molecule has 9 fully saturated rings. The van der Waals surface area contributed by atoms with E-state index in [1.807, 2.05) is 49.3 Å². The molecule has 0 bridgehead atoms. The zero-order valence-corrected chi connectivity index (χ0v) is 73.9. The van der Waals surface area contributed by atoms with E-state index in [0.29, 0.717) is 94.3 Å². The molecular formula is C87H133IN15O23P. The second-order valence-corrected chi connectivity index (χ2v) is 36.0. The van der Waals surface area contributed by atoms with E-state index < -0.39 is 81.6 Å². The fourth-order valence-electron chi connectivity index (χ4n) is 18.1. The number of ether oxygens (including phenoxy) is 2. The van der Waals surface area contributed by atoms with Gasteiger partial charge in [-0.15, -0.1) is 9.24 Å². The van der Waals surface area contributed by atoms with E-state index in [-0.39, 0.29) is 189 Å². The van der Waals surface area contributed by atoms with Crippen molar-refractivity contribution in [2.75, 3.05) is 82.8 Å². The van der Waals surface area contributed by atoms with Gasteiger partial charge in [0.2, 0.25) is 47.3 Å². The van der Waals surface area contributed by atoms with Gasteiger partial charge in [-0.05, 0) is 145 Å². The molecule has 127 heavy (non-hydrogen) atoms. The quantitative estimate of drug-likeness (QED) is 0.0102. The second-order valence-electron chi connectivity index (χ2n) is 33.1. The van der Waals surface area contributed by atoms with Gasteiger partial charge in [0.1, 0.15) is 17.1 Å². The van der Waals surface area contributed by atoms with Crippen LogP contribution in [0.2, 0.25) is 0 Å². The van der Waals surface area contributed by atoms with Crippen molar-refractivity contribution >= 4 is 120 Å². The number of esters is 4. The van der Waals surface area contributed by atoms with Gasteiger partial charge in [-0.2, -0.15) is 5.26 Å². The van der Waals surface area contributed by atoms with Crippen LogP contribution in [0.3, 0.4) is 0 Å². The summed E-state index contributed by atoms with van der Waals surface area (Å²) in [5.74, 6) is -9.43. The van der Waals surface area contributed by atoms with Crippen LogP contribution in [-0.4, -0.2) is 250 Å². The van der Waals surface area contributed by atoms with Crippen molar-refractivity contribution in [2.24, 2.45) is 106 Å². The fraction of sp³-hybridized carbons (Fsp3) is 0.632. The van der Waals surface area contributed by atoms with E-state index in [2.05, 4.69) is 43.2 Å². The number of β-lactam (4-membered cyclic amide) rings is 3. The number of nitriles is 1. The summed E-state index contributed by atoms with van der Waals surface area (Å²) in [6.45, 7) is 20.6. The van der Waals surface area contributed by atoms with Crippen LogP contribution in [0.5, 0.6) is 0 Å². The van der Waals surface area contributed by atoms with Gasteiger partial charge < -0.3 is 78.6 Å². The third-order valence-corrected chi connectivity index (χ3v) is 24.7. The topological polar surface area (TPSA) is 593 Å². The molecule has 7 saturated heterocycles. The van der Waals surface area contributed by atoms with Gasteiger partial charge in [-0.3, -0.25) is 73.3 Å². The van der Waals surface area contributed by atoms with Crippen LogP contribution in [0.25, 0.3) is 0 Å². The Balaban J connectivity index is 0.000000420. The van der Waals surface area contributed by atoms with Crippen LogP contribution in [0.15, 0.2) is 82.3 Å². The lowest BCUT2D eigenvalue weighted by atomic mass is 9.74. The lowest BCUT2D eigenvalue weighted by molar-refractivity contribution is -0.385. The third-order valence-electron chi connectivity index (χ3n) is 24.7. The molecule has 1 unspecified atom stereocenters. The number of nitrogens with zero attached hydrogens (tertiary/aromatic N) is 9. The van der Waals surface area contributed by atoms with E-state index in [1.54, 1.807) is 13.8 Å². The number of alkyl halides is 1. The summed E-state index contributed by atoms with van der Waals surface area (Å²) in [5, 5.41) is 70.1. The molecule has 38 nitrogen and oxygen atoms in total. The number of aliphatic carboxylic acids is 1. The Kier molecular flexibility index (Phi) is 44.7. The standard InChI is InChI=1S/C24H28N4O7.C23H26N4O8.C16H23N3O5.C6H11NO.C6H9N.C5H10N2O.C2H6O.CH4IP.4CH4/c1-12(2)18-19-13(3)17(11-26-9-8-15(10-26)21(25)29)20(27(19)22(18)30)24(32)35-23(31)14-4-6-16(7-5-14)28(33)34;1-11-16(10-25-8-7-14(9-25)20(24)29)19(26-18(11)17(12(2)28)21(26)30)23(32)35-22(31)13-3-5-15(6-4-13)27(33)34;1-7-10(6-18-4-3-9(5-18)14(17)21)13(16(23)24)19-12(7)11(8(2)20)15(19)22;7-6(8)5-3-1-2-4-5;7-5-6-3-1-2-4-6;6-5(8)4-1-2-7-3-4;1-2-3;2-1-3;;;;/h4-7,12-13,15,18-19H,8-11H2,1-3H3,(H2,25,29);3-6,11-12,14,17-18,28H,7-10H2,1-2H3,(H2,24,29);7-9,11-12,20H,3-6H2,1-2H3,(H2,17,21)(H,23,24);5H,1-4H2,(H2,7,8);6H,1-4H2;4,7H,1-3H2,(H2,6,8);3H,2H2,1H3;1,3H2;4*1H4/t13-,15-,18+,19+;11-,12+,14-,17+,18+;7-,8+,9-,11+,12+;;;4-;;;;;;/m000..0....../s1.